The lowest BCUT2D eigenvalue weighted by atomic mass is 9.78. The molecule has 1 saturated heterocycles. The second-order valence-electron chi connectivity index (χ2n) is 6.46. The summed E-state index contributed by atoms with van der Waals surface area (Å²) in [4.78, 5) is 16.2. The minimum atomic E-state index is 0.432. The van der Waals surface area contributed by atoms with Crippen LogP contribution in [0.25, 0.3) is 0 Å². The molecule has 5 nitrogen and oxygen atoms in total. The van der Waals surface area contributed by atoms with Crippen LogP contribution in [0.3, 0.4) is 0 Å². The van der Waals surface area contributed by atoms with E-state index in [1.165, 1.54) is 31.0 Å². The Balaban J connectivity index is 1.73. The SMILES string of the molecule is CCC1(C)CCN(c2cnc(Sc3cccnc3Cl)c(N)n2)CC1. The van der Waals surface area contributed by atoms with E-state index in [1.807, 2.05) is 12.1 Å². The lowest BCUT2D eigenvalue weighted by molar-refractivity contribution is 0.237. The Hall–Kier alpha value is -1.53. The molecule has 2 aromatic rings. The highest BCUT2D eigenvalue weighted by atomic mass is 35.5. The van der Waals surface area contributed by atoms with Gasteiger partial charge >= 0.3 is 0 Å². The highest BCUT2D eigenvalue weighted by Crippen LogP contribution is 2.37. The van der Waals surface area contributed by atoms with Crippen molar-refractivity contribution in [1.82, 2.24) is 15.0 Å². The predicted octanol–water partition coefficient (Wildman–Crippen LogP) is 4.27. The molecule has 0 aromatic carbocycles. The average Bonchev–Trinajstić information content (AvgIpc) is 2.59. The number of nitrogen functional groups attached to an aromatic ring is 1. The molecule has 2 aromatic heterocycles. The molecular weight excluding hydrogens is 342 g/mol. The smallest absolute Gasteiger partial charge is 0.158 e. The lowest BCUT2D eigenvalue weighted by Gasteiger charge is -2.39. The zero-order valence-electron chi connectivity index (χ0n) is 14.0. The highest BCUT2D eigenvalue weighted by molar-refractivity contribution is 7.99. The largest absolute Gasteiger partial charge is 0.381 e. The Kier molecular flexibility index (Phi) is 5.15. The molecule has 0 atom stereocenters. The Morgan fingerprint density at radius 2 is 2.08 bits per heavy atom. The molecule has 3 heterocycles. The van der Waals surface area contributed by atoms with Gasteiger partial charge in [-0.3, -0.25) is 0 Å². The summed E-state index contributed by atoms with van der Waals surface area (Å²) in [5.74, 6) is 1.29. The van der Waals surface area contributed by atoms with Crippen LogP contribution >= 0.6 is 23.4 Å². The molecule has 1 fully saturated rings. The summed E-state index contributed by atoms with van der Waals surface area (Å²) in [6.45, 7) is 6.63. The molecule has 0 bridgehead atoms. The van der Waals surface area contributed by atoms with Gasteiger partial charge in [-0.2, -0.15) is 0 Å². The number of halogens is 1. The number of hydrogen-bond donors (Lipinski definition) is 1. The summed E-state index contributed by atoms with van der Waals surface area (Å²) < 4.78 is 0. The Morgan fingerprint density at radius 3 is 2.71 bits per heavy atom. The van der Waals surface area contributed by atoms with Crippen LogP contribution in [-0.4, -0.2) is 28.0 Å². The van der Waals surface area contributed by atoms with Crippen LogP contribution in [0.1, 0.15) is 33.1 Å². The third-order valence-corrected chi connectivity index (χ3v) is 6.30. The molecule has 1 aliphatic rings. The zero-order chi connectivity index (χ0) is 17.2. The maximum Gasteiger partial charge on any atom is 0.158 e. The fraction of sp³-hybridized carbons (Fsp3) is 0.471. The standard InChI is InChI=1S/C17H22ClN5S/c1-3-17(2)6-9-23(10-7-17)13-11-21-16(15(19)22-13)24-12-5-4-8-20-14(12)18/h4-5,8,11H,3,6-7,9-10H2,1-2H3,(H2,19,22). The van der Waals surface area contributed by atoms with Gasteiger partial charge in [-0.05, 0) is 30.4 Å². The van der Waals surface area contributed by atoms with Gasteiger partial charge in [0, 0.05) is 19.3 Å². The second-order valence-corrected chi connectivity index (χ2v) is 7.85. The van der Waals surface area contributed by atoms with Crippen LogP contribution in [0.15, 0.2) is 34.4 Å². The van der Waals surface area contributed by atoms with Crippen molar-refractivity contribution >= 4 is 35.0 Å². The fourth-order valence-electron chi connectivity index (χ4n) is 2.79. The number of hydrogen-bond acceptors (Lipinski definition) is 6. The number of anilines is 2. The minimum absolute atomic E-state index is 0.432. The van der Waals surface area contributed by atoms with Crippen molar-refractivity contribution in [2.45, 2.75) is 43.0 Å². The third-order valence-electron chi connectivity index (χ3n) is 4.83. The molecule has 0 spiro atoms. The van der Waals surface area contributed by atoms with E-state index < -0.39 is 0 Å². The summed E-state index contributed by atoms with van der Waals surface area (Å²) in [5, 5.41) is 1.10. The van der Waals surface area contributed by atoms with E-state index in [9.17, 15) is 0 Å². The lowest BCUT2D eigenvalue weighted by Crippen LogP contribution is -2.39. The van der Waals surface area contributed by atoms with E-state index in [0.29, 0.717) is 21.4 Å². The fourth-order valence-corrected chi connectivity index (χ4v) is 3.78. The molecular formula is C17H22ClN5S. The maximum atomic E-state index is 6.12. The Bertz CT molecular complexity index is 716. The number of pyridine rings is 1. The molecule has 0 saturated carbocycles. The van der Waals surface area contributed by atoms with Gasteiger partial charge in [-0.25, -0.2) is 15.0 Å². The molecule has 0 aliphatic carbocycles. The normalized spacial score (nSPS) is 17.0. The molecule has 24 heavy (non-hydrogen) atoms. The molecule has 1 aliphatic heterocycles. The van der Waals surface area contributed by atoms with Gasteiger partial charge < -0.3 is 10.6 Å². The first-order chi connectivity index (χ1) is 11.5. The van der Waals surface area contributed by atoms with E-state index in [-0.39, 0.29) is 0 Å². The zero-order valence-corrected chi connectivity index (χ0v) is 15.6. The van der Waals surface area contributed by atoms with Crippen LogP contribution in [0.5, 0.6) is 0 Å². The van der Waals surface area contributed by atoms with E-state index in [1.54, 1.807) is 12.4 Å². The second kappa shape index (κ2) is 7.15. The molecule has 0 radical (unpaired) electrons. The number of rotatable bonds is 4. The summed E-state index contributed by atoms with van der Waals surface area (Å²) >= 11 is 7.48. The van der Waals surface area contributed by atoms with Crippen LogP contribution in [0, 0.1) is 5.41 Å². The first kappa shape index (κ1) is 17.3. The van der Waals surface area contributed by atoms with Crippen LogP contribution in [0.4, 0.5) is 11.6 Å². The van der Waals surface area contributed by atoms with Gasteiger partial charge in [-0.15, -0.1) is 0 Å². The molecule has 0 amide bonds. The van der Waals surface area contributed by atoms with Crippen molar-refractivity contribution in [1.29, 1.82) is 0 Å². The number of nitrogens with zero attached hydrogens (tertiary/aromatic N) is 4. The first-order valence-corrected chi connectivity index (χ1v) is 9.36. The van der Waals surface area contributed by atoms with Crippen molar-refractivity contribution in [2.24, 2.45) is 5.41 Å². The van der Waals surface area contributed by atoms with Gasteiger partial charge in [0.15, 0.2) is 5.82 Å². The van der Waals surface area contributed by atoms with Crippen molar-refractivity contribution < 1.29 is 0 Å². The van der Waals surface area contributed by atoms with Crippen LogP contribution < -0.4 is 10.6 Å². The van der Waals surface area contributed by atoms with Gasteiger partial charge in [0.25, 0.3) is 0 Å². The number of piperidine rings is 1. The average molecular weight is 364 g/mol. The van der Waals surface area contributed by atoms with E-state index in [4.69, 9.17) is 17.3 Å². The van der Waals surface area contributed by atoms with Crippen LogP contribution in [-0.2, 0) is 0 Å². The molecule has 3 rings (SSSR count). The van der Waals surface area contributed by atoms with Crippen molar-refractivity contribution in [3.8, 4) is 0 Å². The minimum Gasteiger partial charge on any atom is -0.381 e. The van der Waals surface area contributed by atoms with Crippen molar-refractivity contribution in [3.63, 3.8) is 0 Å². The van der Waals surface area contributed by atoms with E-state index >= 15 is 0 Å². The quantitative estimate of drug-likeness (QED) is 0.818. The van der Waals surface area contributed by atoms with Gasteiger partial charge in [0.1, 0.15) is 16.0 Å². The first-order valence-electron chi connectivity index (χ1n) is 8.16. The van der Waals surface area contributed by atoms with E-state index in [2.05, 4.69) is 33.7 Å². The van der Waals surface area contributed by atoms with Gasteiger partial charge in [0.05, 0.1) is 11.1 Å². The summed E-state index contributed by atoms with van der Waals surface area (Å²) in [7, 11) is 0. The van der Waals surface area contributed by atoms with Gasteiger partial charge in [-0.1, -0.05) is 43.6 Å². The van der Waals surface area contributed by atoms with Crippen molar-refractivity contribution in [3.05, 3.63) is 29.7 Å². The van der Waals surface area contributed by atoms with E-state index in [0.717, 1.165) is 23.8 Å². The maximum absolute atomic E-state index is 6.12. The monoisotopic (exact) mass is 363 g/mol. The molecule has 128 valence electrons. The highest BCUT2D eigenvalue weighted by Gasteiger charge is 2.29. The van der Waals surface area contributed by atoms with Crippen LogP contribution in [0.2, 0.25) is 5.15 Å². The molecule has 0 unspecified atom stereocenters. The van der Waals surface area contributed by atoms with Gasteiger partial charge in [0.2, 0.25) is 0 Å². The van der Waals surface area contributed by atoms with Crippen molar-refractivity contribution in [2.75, 3.05) is 23.7 Å². The molecule has 7 heteroatoms. The summed E-state index contributed by atoms with van der Waals surface area (Å²) in [6, 6.07) is 3.73. The number of nitrogens with two attached hydrogens (primary N) is 1. The Morgan fingerprint density at radius 1 is 1.33 bits per heavy atom. The summed E-state index contributed by atoms with van der Waals surface area (Å²) in [6.07, 6.45) is 7.03. The predicted molar refractivity (Wildman–Crippen MR) is 99.7 cm³/mol. The topological polar surface area (TPSA) is 67.9 Å². The number of aromatic nitrogens is 3. The Labute approximate surface area is 152 Å². The third kappa shape index (κ3) is 3.75. The summed E-state index contributed by atoms with van der Waals surface area (Å²) in [5.41, 5.74) is 6.57. The molecule has 2 N–H and O–H groups in total.